The molecule has 0 unspecified atom stereocenters. The lowest BCUT2D eigenvalue weighted by molar-refractivity contribution is 0.0663. The van der Waals surface area contributed by atoms with Gasteiger partial charge in [-0.05, 0) is 30.8 Å². The zero-order valence-electron chi connectivity index (χ0n) is 14.8. The van der Waals surface area contributed by atoms with Gasteiger partial charge in [-0.2, -0.15) is 0 Å². The van der Waals surface area contributed by atoms with Crippen molar-refractivity contribution in [3.63, 3.8) is 0 Å². The Labute approximate surface area is 152 Å². The van der Waals surface area contributed by atoms with Gasteiger partial charge in [0.2, 0.25) is 6.79 Å². The van der Waals surface area contributed by atoms with Crippen LogP contribution in [0.2, 0.25) is 0 Å². The average molecular weight is 354 g/mol. The van der Waals surface area contributed by atoms with Crippen LogP contribution < -0.4 is 14.8 Å². The molecule has 1 aromatic heterocycles. The SMILES string of the molecule is CN1CCN(C(=O)c2cncc(NCc3ccc4c(c3)OCO4)c2)CC1. The number of piperazine rings is 1. The number of ether oxygens (including phenoxy) is 2. The van der Waals surface area contributed by atoms with Crippen LogP contribution in [0.15, 0.2) is 36.7 Å². The van der Waals surface area contributed by atoms with Crippen LogP contribution in [-0.2, 0) is 6.54 Å². The highest BCUT2D eigenvalue weighted by molar-refractivity contribution is 5.94. The molecule has 2 aliphatic rings. The summed E-state index contributed by atoms with van der Waals surface area (Å²) < 4.78 is 10.7. The summed E-state index contributed by atoms with van der Waals surface area (Å²) in [6, 6.07) is 7.72. The van der Waals surface area contributed by atoms with Crippen LogP contribution in [0, 0.1) is 0 Å². The molecule has 1 aromatic carbocycles. The topological polar surface area (TPSA) is 66.9 Å². The first-order valence-electron chi connectivity index (χ1n) is 8.74. The smallest absolute Gasteiger partial charge is 0.255 e. The summed E-state index contributed by atoms with van der Waals surface area (Å²) in [5.74, 6) is 1.58. The zero-order valence-corrected chi connectivity index (χ0v) is 14.8. The third-order valence-corrected chi connectivity index (χ3v) is 4.71. The van der Waals surface area contributed by atoms with Crippen LogP contribution in [0.3, 0.4) is 0 Å². The number of likely N-dealkylation sites (N-methyl/N-ethyl adjacent to an activating group) is 1. The number of anilines is 1. The van der Waals surface area contributed by atoms with E-state index in [2.05, 4.69) is 22.2 Å². The van der Waals surface area contributed by atoms with E-state index < -0.39 is 0 Å². The minimum atomic E-state index is 0.0392. The highest BCUT2D eigenvalue weighted by Gasteiger charge is 2.20. The molecule has 4 rings (SSSR count). The number of carbonyl (C=O) groups excluding carboxylic acids is 1. The van der Waals surface area contributed by atoms with Gasteiger partial charge < -0.3 is 24.6 Å². The average Bonchev–Trinajstić information content (AvgIpc) is 3.14. The standard InChI is InChI=1S/C19H22N4O3/c1-22-4-6-23(7-5-22)19(24)15-9-16(12-20-11-15)21-10-14-2-3-17-18(8-14)26-13-25-17/h2-3,8-9,11-12,21H,4-7,10,13H2,1H3. The summed E-state index contributed by atoms with van der Waals surface area (Å²) in [6.45, 7) is 4.20. The summed E-state index contributed by atoms with van der Waals surface area (Å²) in [7, 11) is 2.07. The van der Waals surface area contributed by atoms with Crippen molar-refractivity contribution in [2.75, 3.05) is 45.3 Å². The molecule has 0 atom stereocenters. The van der Waals surface area contributed by atoms with E-state index in [4.69, 9.17) is 9.47 Å². The predicted molar refractivity (Wildman–Crippen MR) is 97.5 cm³/mol. The third-order valence-electron chi connectivity index (χ3n) is 4.71. The molecule has 26 heavy (non-hydrogen) atoms. The number of rotatable bonds is 4. The third kappa shape index (κ3) is 3.57. The first kappa shape index (κ1) is 16.7. The molecule has 0 bridgehead atoms. The summed E-state index contributed by atoms with van der Waals surface area (Å²) in [5.41, 5.74) is 2.51. The van der Waals surface area contributed by atoms with Gasteiger partial charge in [0.15, 0.2) is 11.5 Å². The lowest BCUT2D eigenvalue weighted by atomic mass is 10.2. The zero-order chi connectivity index (χ0) is 17.9. The molecule has 1 amide bonds. The van der Waals surface area contributed by atoms with Gasteiger partial charge in [0.05, 0.1) is 11.3 Å². The molecule has 2 aliphatic heterocycles. The molecule has 0 aliphatic carbocycles. The number of benzene rings is 1. The maximum Gasteiger partial charge on any atom is 0.255 e. The summed E-state index contributed by atoms with van der Waals surface area (Å²) >= 11 is 0. The Bertz CT molecular complexity index is 803. The molecule has 136 valence electrons. The molecule has 1 N–H and O–H groups in total. The maximum absolute atomic E-state index is 12.7. The van der Waals surface area contributed by atoms with Crippen molar-refractivity contribution in [3.8, 4) is 11.5 Å². The van der Waals surface area contributed by atoms with Crippen LogP contribution in [0.25, 0.3) is 0 Å². The van der Waals surface area contributed by atoms with E-state index in [0.29, 0.717) is 12.1 Å². The molecule has 7 heteroatoms. The normalized spacial score (nSPS) is 16.6. The van der Waals surface area contributed by atoms with Crippen molar-refractivity contribution in [2.24, 2.45) is 0 Å². The van der Waals surface area contributed by atoms with Crippen molar-refractivity contribution in [2.45, 2.75) is 6.54 Å². The second-order valence-electron chi connectivity index (χ2n) is 6.60. The van der Waals surface area contributed by atoms with E-state index >= 15 is 0 Å². The fraction of sp³-hybridized carbons (Fsp3) is 0.368. The quantitative estimate of drug-likeness (QED) is 0.903. The van der Waals surface area contributed by atoms with Gasteiger partial charge in [-0.1, -0.05) is 6.07 Å². The highest BCUT2D eigenvalue weighted by Crippen LogP contribution is 2.32. The Kier molecular flexibility index (Phi) is 4.62. The van der Waals surface area contributed by atoms with Crippen molar-refractivity contribution in [1.82, 2.24) is 14.8 Å². The fourth-order valence-electron chi connectivity index (χ4n) is 3.10. The van der Waals surface area contributed by atoms with Gasteiger partial charge in [0.25, 0.3) is 5.91 Å². The van der Waals surface area contributed by atoms with Crippen LogP contribution >= 0.6 is 0 Å². The van der Waals surface area contributed by atoms with E-state index in [9.17, 15) is 4.79 Å². The van der Waals surface area contributed by atoms with Gasteiger partial charge in [0.1, 0.15) is 0 Å². The molecule has 1 saturated heterocycles. The highest BCUT2D eigenvalue weighted by atomic mass is 16.7. The number of nitrogens with zero attached hydrogens (tertiary/aromatic N) is 3. The lowest BCUT2D eigenvalue weighted by Crippen LogP contribution is -2.47. The molecule has 0 radical (unpaired) electrons. The Hall–Kier alpha value is -2.80. The molecular weight excluding hydrogens is 332 g/mol. The number of pyridine rings is 1. The monoisotopic (exact) mass is 354 g/mol. The van der Waals surface area contributed by atoms with Gasteiger partial charge >= 0.3 is 0 Å². The Morgan fingerprint density at radius 1 is 1.12 bits per heavy atom. The predicted octanol–water partition coefficient (Wildman–Crippen LogP) is 1.81. The van der Waals surface area contributed by atoms with Gasteiger partial charge in [-0.3, -0.25) is 9.78 Å². The summed E-state index contributed by atoms with van der Waals surface area (Å²) in [5, 5.41) is 3.32. The number of nitrogens with one attached hydrogen (secondary N) is 1. The molecule has 0 saturated carbocycles. The van der Waals surface area contributed by atoms with Crippen LogP contribution in [0.4, 0.5) is 5.69 Å². The summed E-state index contributed by atoms with van der Waals surface area (Å²) in [4.78, 5) is 21.0. The number of hydrogen-bond acceptors (Lipinski definition) is 6. The van der Waals surface area contributed by atoms with E-state index in [1.54, 1.807) is 12.4 Å². The van der Waals surface area contributed by atoms with Crippen molar-refractivity contribution >= 4 is 11.6 Å². The molecule has 0 spiro atoms. The van der Waals surface area contributed by atoms with E-state index in [1.807, 2.05) is 29.2 Å². The van der Waals surface area contributed by atoms with Crippen LogP contribution in [0.1, 0.15) is 15.9 Å². The second-order valence-corrected chi connectivity index (χ2v) is 6.60. The number of hydrogen-bond donors (Lipinski definition) is 1. The number of carbonyl (C=O) groups is 1. The minimum Gasteiger partial charge on any atom is -0.454 e. The van der Waals surface area contributed by atoms with Crippen molar-refractivity contribution in [3.05, 3.63) is 47.8 Å². The number of aromatic nitrogens is 1. The maximum atomic E-state index is 12.7. The van der Waals surface area contributed by atoms with E-state index in [1.165, 1.54) is 0 Å². The van der Waals surface area contributed by atoms with E-state index in [-0.39, 0.29) is 12.7 Å². The molecule has 7 nitrogen and oxygen atoms in total. The first-order valence-corrected chi connectivity index (χ1v) is 8.74. The van der Waals surface area contributed by atoms with Crippen molar-refractivity contribution < 1.29 is 14.3 Å². The number of fused-ring (bicyclic) bond motifs is 1. The number of amides is 1. The van der Waals surface area contributed by atoms with Crippen LogP contribution in [-0.4, -0.2) is 60.7 Å². The molecule has 2 aromatic rings. The van der Waals surface area contributed by atoms with E-state index in [0.717, 1.165) is 48.9 Å². The second kappa shape index (κ2) is 7.21. The first-order chi connectivity index (χ1) is 12.7. The largest absolute Gasteiger partial charge is 0.454 e. The lowest BCUT2D eigenvalue weighted by Gasteiger charge is -2.32. The Morgan fingerprint density at radius 3 is 2.77 bits per heavy atom. The van der Waals surface area contributed by atoms with Gasteiger partial charge in [-0.25, -0.2) is 0 Å². The minimum absolute atomic E-state index is 0.0392. The Morgan fingerprint density at radius 2 is 1.92 bits per heavy atom. The molecule has 1 fully saturated rings. The molecular formula is C19H22N4O3. The Balaban J connectivity index is 1.40. The van der Waals surface area contributed by atoms with Crippen molar-refractivity contribution in [1.29, 1.82) is 0 Å². The fourth-order valence-corrected chi connectivity index (χ4v) is 3.10. The van der Waals surface area contributed by atoms with Gasteiger partial charge in [-0.15, -0.1) is 0 Å². The molecule has 3 heterocycles. The van der Waals surface area contributed by atoms with Gasteiger partial charge in [0, 0.05) is 45.1 Å². The summed E-state index contributed by atoms with van der Waals surface area (Å²) in [6.07, 6.45) is 3.36. The van der Waals surface area contributed by atoms with Crippen LogP contribution in [0.5, 0.6) is 11.5 Å².